The van der Waals surface area contributed by atoms with Gasteiger partial charge in [0.1, 0.15) is 0 Å². The van der Waals surface area contributed by atoms with Crippen molar-refractivity contribution >= 4 is 44.2 Å². The Kier molecular flexibility index (Phi) is 11.4. The molecule has 3 aromatic carbocycles. The van der Waals surface area contributed by atoms with Crippen LogP contribution in [0, 0.1) is 0 Å². The van der Waals surface area contributed by atoms with Crippen molar-refractivity contribution in [2.45, 2.75) is 56.5 Å². The Hall–Kier alpha value is -4.40. The fourth-order valence-corrected chi connectivity index (χ4v) is 5.35. The maximum atomic E-state index is 12.6. The SMILES string of the molecule is CC(=O)Nc1ccc2c(ccn2CCC(C)(C)NC[C@H](O)c2cccc(NS(=O)(=O)c3ccccc3)c2)c1.O=C(O)C(F)(F)F. The average Bonchev–Trinajstić information content (AvgIpc) is 3.37. The van der Waals surface area contributed by atoms with Crippen molar-refractivity contribution in [3.05, 3.63) is 90.6 Å². The number of aliphatic hydroxyl groups excluding tert-OH is 1. The van der Waals surface area contributed by atoms with Crippen LogP contribution in [0.1, 0.15) is 38.9 Å². The zero-order valence-corrected chi connectivity index (χ0v) is 25.6. The van der Waals surface area contributed by atoms with E-state index < -0.39 is 28.3 Å². The topological polar surface area (TPSA) is 150 Å². The van der Waals surface area contributed by atoms with Gasteiger partial charge in [0.15, 0.2) is 0 Å². The van der Waals surface area contributed by atoms with E-state index in [0.29, 0.717) is 17.8 Å². The first kappa shape index (κ1) is 35.1. The quantitative estimate of drug-likeness (QED) is 0.144. The van der Waals surface area contributed by atoms with Crippen molar-refractivity contribution in [1.29, 1.82) is 0 Å². The average molecular weight is 649 g/mol. The van der Waals surface area contributed by atoms with Gasteiger partial charge in [-0.05, 0) is 74.4 Å². The van der Waals surface area contributed by atoms with Gasteiger partial charge in [0, 0.05) is 54.0 Å². The third-order valence-electron chi connectivity index (χ3n) is 6.66. The van der Waals surface area contributed by atoms with Crippen LogP contribution in [0.15, 0.2) is 90.0 Å². The van der Waals surface area contributed by atoms with Gasteiger partial charge in [0.25, 0.3) is 10.0 Å². The number of fused-ring (bicyclic) bond motifs is 1. The lowest BCUT2D eigenvalue weighted by Crippen LogP contribution is -2.42. The van der Waals surface area contributed by atoms with E-state index >= 15 is 0 Å². The number of halogens is 3. The Bertz CT molecular complexity index is 1720. The molecule has 242 valence electrons. The highest BCUT2D eigenvalue weighted by molar-refractivity contribution is 7.92. The van der Waals surface area contributed by atoms with Crippen LogP contribution in [0.25, 0.3) is 10.9 Å². The molecule has 0 bridgehead atoms. The van der Waals surface area contributed by atoms with Gasteiger partial charge in [-0.15, -0.1) is 0 Å². The zero-order valence-electron chi connectivity index (χ0n) is 24.8. The number of β-amino-alcohol motifs (C(OH)–C–C–N with tert-alkyl or cyclic N) is 1. The van der Waals surface area contributed by atoms with Gasteiger partial charge in [0.05, 0.1) is 11.0 Å². The second-order valence-corrected chi connectivity index (χ2v) is 12.5. The lowest BCUT2D eigenvalue weighted by molar-refractivity contribution is -0.192. The molecule has 0 aliphatic heterocycles. The van der Waals surface area contributed by atoms with Crippen LogP contribution in [0.5, 0.6) is 0 Å². The van der Waals surface area contributed by atoms with Crippen LogP contribution in [0.4, 0.5) is 24.5 Å². The number of amides is 1. The molecule has 1 heterocycles. The first-order valence-corrected chi connectivity index (χ1v) is 15.2. The second kappa shape index (κ2) is 14.6. The number of hydrogen-bond donors (Lipinski definition) is 5. The normalized spacial score (nSPS) is 12.6. The predicted octanol–water partition coefficient (Wildman–Crippen LogP) is 5.53. The summed E-state index contributed by atoms with van der Waals surface area (Å²) in [4.78, 5) is 20.4. The van der Waals surface area contributed by atoms with Crippen molar-refractivity contribution < 1.29 is 41.4 Å². The Morgan fingerprint density at radius 2 is 1.60 bits per heavy atom. The molecule has 4 rings (SSSR count). The molecule has 0 spiro atoms. The predicted molar refractivity (Wildman–Crippen MR) is 165 cm³/mol. The smallest absolute Gasteiger partial charge is 0.475 e. The van der Waals surface area contributed by atoms with Gasteiger partial charge in [-0.1, -0.05) is 30.3 Å². The second-order valence-electron chi connectivity index (χ2n) is 10.8. The first-order chi connectivity index (χ1) is 21.0. The fraction of sp³-hybridized carbons (Fsp3) is 0.290. The molecule has 0 aliphatic carbocycles. The third kappa shape index (κ3) is 10.6. The third-order valence-corrected chi connectivity index (χ3v) is 8.06. The number of aliphatic carboxylic acids is 1. The van der Waals surface area contributed by atoms with Gasteiger partial charge in [-0.2, -0.15) is 13.2 Å². The molecular formula is C31H35F3N4O6S. The lowest BCUT2D eigenvalue weighted by Gasteiger charge is -2.28. The van der Waals surface area contributed by atoms with Crippen LogP contribution in [0.3, 0.4) is 0 Å². The Morgan fingerprint density at radius 1 is 0.933 bits per heavy atom. The van der Waals surface area contributed by atoms with Crippen LogP contribution >= 0.6 is 0 Å². The number of benzene rings is 3. The molecule has 10 nitrogen and oxygen atoms in total. The summed E-state index contributed by atoms with van der Waals surface area (Å²) in [6.07, 6.45) is -3.04. The van der Waals surface area contributed by atoms with Gasteiger partial charge in [-0.25, -0.2) is 13.2 Å². The van der Waals surface area contributed by atoms with E-state index in [4.69, 9.17) is 9.90 Å². The summed E-state index contributed by atoms with van der Waals surface area (Å²) < 4.78 is 61.8. The van der Waals surface area contributed by atoms with Crippen LogP contribution in [0.2, 0.25) is 0 Å². The highest BCUT2D eigenvalue weighted by Gasteiger charge is 2.38. The molecule has 5 N–H and O–H groups in total. The van der Waals surface area contributed by atoms with Crippen molar-refractivity contribution in [2.75, 3.05) is 16.6 Å². The van der Waals surface area contributed by atoms with Crippen molar-refractivity contribution in [3.63, 3.8) is 0 Å². The summed E-state index contributed by atoms with van der Waals surface area (Å²) in [5, 5.41) is 25.3. The van der Waals surface area contributed by atoms with Gasteiger partial charge >= 0.3 is 12.1 Å². The van der Waals surface area contributed by atoms with E-state index in [2.05, 4.69) is 33.8 Å². The molecule has 1 atom stereocenters. The van der Waals surface area contributed by atoms with E-state index in [1.54, 1.807) is 42.5 Å². The molecule has 45 heavy (non-hydrogen) atoms. The fourth-order valence-electron chi connectivity index (χ4n) is 4.28. The molecule has 0 aliphatic rings. The number of carbonyl (C=O) groups excluding carboxylic acids is 1. The minimum atomic E-state index is -5.08. The number of nitrogens with zero attached hydrogens (tertiary/aromatic N) is 1. The molecule has 0 saturated heterocycles. The number of aryl methyl sites for hydroxylation is 1. The summed E-state index contributed by atoms with van der Waals surface area (Å²) in [6.45, 7) is 6.76. The number of carbonyl (C=O) groups is 2. The maximum Gasteiger partial charge on any atom is 0.490 e. The van der Waals surface area contributed by atoms with E-state index in [-0.39, 0.29) is 16.3 Å². The van der Waals surface area contributed by atoms with E-state index in [1.807, 2.05) is 30.5 Å². The largest absolute Gasteiger partial charge is 0.490 e. The molecule has 0 unspecified atom stereocenters. The molecule has 0 fully saturated rings. The number of anilines is 2. The summed E-state index contributed by atoms with van der Waals surface area (Å²) in [5.74, 6) is -2.86. The first-order valence-electron chi connectivity index (χ1n) is 13.7. The highest BCUT2D eigenvalue weighted by atomic mass is 32.2. The Labute approximate surface area is 258 Å². The van der Waals surface area contributed by atoms with Crippen LogP contribution in [-0.2, 0) is 26.2 Å². The molecule has 0 radical (unpaired) electrons. The molecule has 14 heteroatoms. The number of sulfonamides is 1. The number of hydrogen-bond acceptors (Lipinski definition) is 6. The number of carboxylic acid groups (broad SMARTS) is 1. The molecule has 4 aromatic rings. The minimum Gasteiger partial charge on any atom is -0.475 e. The summed E-state index contributed by atoms with van der Waals surface area (Å²) in [6, 6.07) is 22.9. The van der Waals surface area contributed by atoms with Gasteiger partial charge in [-0.3, -0.25) is 9.52 Å². The number of nitrogens with one attached hydrogen (secondary N) is 3. The summed E-state index contributed by atoms with van der Waals surface area (Å²) in [7, 11) is -3.71. The molecule has 0 saturated carbocycles. The Morgan fingerprint density at radius 3 is 2.22 bits per heavy atom. The van der Waals surface area contributed by atoms with Crippen LogP contribution in [-0.4, -0.2) is 53.3 Å². The Balaban J connectivity index is 0.000000707. The number of carboxylic acids is 1. The number of alkyl halides is 3. The van der Waals surface area contributed by atoms with Gasteiger partial charge < -0.3 is 25.4 Å². The highest BCUT2D eigenvalue weighted by Crippen LogP contribution is 2.24. The van der Waals surface area contributed by atoms with E-state index in [1.165, 1.54) is 19.1 Å². The lowest BCUT2D eigenvalue weighted by atomic mass is 9.99. The minimum absolute atomic E-state index is 0.0981. The standard InChI is InChI=1S/C29H34N4O4S.C2HF3O2/c1-21(34)31-24-12-13-27-22(18-24)14-16-33(27)17-15-29(2,3)30-20-28(35)23-8-7-9-25(19-23)32-38(36,37)26-10-5-4-6-11-26;3-2(4,5)1(6)7/h4-14,16,18-19,28,30,32,35H,15,17,20H2,1-3H3,(H,31,34);(H,6,7)/t28-;/m0./s1. The number of rotatable bonds is 11. The van der Waals surface area contributed by atoms with Crippen molar-refractivity contribution in [3.8, 4) is 0 Å². The summed E-state index contributed by atoms with van der Waals surface area (Å²) >= 11 is 0. The zero-order chi connectivity index (χ0) is 33.4. The van der Waals surface area contributed by atoms with Crippen LogP contribution < -0.4 is 15.4 Å². The van der Waals surface area contributed by atoms with Crippen molar-refractivity contribution in [1.82, 2.24) is 9.88 Å². The van der Waals surface area contributed by atoms with E-state index in [9.17, 15) is 31.5 Å². The summed E-state index contributed by atoms with van der Waals surface area (Å²) in [5.41, 5.74) is 2.61. The maximum absolute atomic E-state index is 12.6. The molecular weight excluding hydrogens is 613 g/mol. The van der Waals surface area contributed by atoms with Gasteiger partial charge in [0.2, 0.25) is 5.91 Å². The molecule has 1 amide bonds. The number of aliphatic hydroxyl groups is 1. The van der Waals surface area contributed by atoms with Crippen molar-refractivity contribution in [2.24, 2.45) is 0 Å². The monoisotopic (exact) mass is 648 g/mol. The van der Waals surface area contributed by atoms with E-state index in [0.717, 1.165) is 29.6 Å². The molecule has 1 aromatic heterocycles. The number of aromatic nitrogens is 1.